The third-order valence-corrected chi connectivity index (χ3v) is 5.14. The molecule has 1 N–H and O–H groups in total. The number of ether oxygens (including phenoxy) is 1. The molecule has 1 fully saturated rings. The van der Waals surface area contributed by atoms with Gasteiger partial charge in [-0.25, -0.2) is 18.5 Å². The van der Waals surface area contributed by atoms with Crippen molar-refractivity contribution in [3.8, 4) is 0 Å². The second-order valence-corrected chi connectivity index (χ2v) is 7.61. The first-order valence-electron chi connectivity index (χ1n) is 10.6. The summed E-state index contributed by atoms with van der Waals surface area (Å²) in [6.45, 7) is 0.163. The number of imide groups is 1. The first kappa shape index (κ1) is 24.6. The van der Waals surface area contributed by atoms with E-state index in [9.17, 15) is 23.2 Å². The first-order valence-corrected chi connectivity index (χ1v) is 10.6. The van der Waals surface area contributed by atoms with E-state index in [4.69, 9.17) is 9.84 Å². The highest BCUT2D eigenvalue weighted by Gasteiger charge is 2.37. The molecule has 3 aromatic rings. The second-order valence-electron chi connectivity index (χ2n) is 7.61. The maximum atomic E-state index is 13.7. The summed E-state index contributed by atoms with van der Waals surface area (Å²) in [6, 6.07) is 21.1. The van der Waals surface area contributed by atoms with Crippen molar-refractivity contribution >= 4 is 18.0 Å². The minimum Gasteiger partial charge on any atom is -0.481 e. The van der Waals surface area contributed by atoms with Crippen molar-refractivity contribution in [2.45, 2.75) is 25.3 Å². The van der Waals surface area contributed by atoms with Gasteiger partial charge in [-0.2, -0.15) is 0 Å². The fourth-order valence-corrected chi connectivity index (χ4v) is 3.50. The number of cyclic esters (lactones) is 1. The summed E-state index contributed by atoms with van der Waals surface area (Å²) in [5.74, 6) is -2.38. The van der Waals surface area contributed by atoms with Crippen LogP contribution in [-0.2, 0) is 33.6 Å². The van der Waals surface area contributed by atoms with Gasteiger partial charge in [-0.1, -0.05) is 66.7 Å². The first-order chi connectivity index (χ1) is 16.3. The maximum absolute atomic E-state index is 13.7. The molecule has 1 saturated heterocycles. The maximum Gasteiger partial charge on any atom is 0.416 e. The molecular weight excluding hydrogens is 444 g/mol. The lowest BCUT2D eigenvalue weighted by Crippen LogP contribution is -2.41. The lowest BCUT2D eigenvalue weighted by molar-refractivity contribution is -0.136. The zero-order chi connectivity index (χ0) is 24.5. The van der Waals surface area contributed by atoms with Crippen molar-refractivity contribution < 1.29 is 33.0 Å². The smallest absolute Gasteiger partial charge is 0.416 e. The molecule has 0 radical (unpaired) electrons. The number of carboxylic acid groups (broad SMARTS) is 1. The van der Waals surface area contributed by atoms with Crippen LogP contribution >= 0.6 is 0 Å². The Hall–Kier alpha value is -4.07. The summed E-state index contributed by atoms with van der Waals surface area (Å²) in [7, 11) is 0. The van der Waals surface area contributed by atoms with E-state index in [0.717, 1.165) is 10.5 Å². The summed E-state index contributed by atoms with van der Waals surface area (Å²) in [5.41, 5.74) is 1.51. The van der Waals surface area contributed by atoms with Gasteiger partial charge in [0, 0.05) is 0 Å². The van der Waals surface area contributed by atoms with Crippen molar-refractivity contribution in [2.24, 2.45) is 0 Å². The van der Waals surface area contributed by atoms with Gasteiger partial charge in [-0.05, 0) is 35.2 Å². The average molecular weight is 467 g/mol. The Bertz CT molecular complexity index is 1150. The number of benzene rings is 3. The minimum atomic E-state index is -1.02. The molecule has 1 aliphatic heterocycles. The van der Waals surface area contributed by atoms with Gasteiger partial charge >= 0.3 is 12.1 Å². The van der Waals surface area contributed by atoms with Crippen LogP contribution in [-0.4, -0.2) is 40.6 Å². The number of nitrogens with zero attached hydrogens (tertiary/aromatic N) is 1. The van der Waals surface area contributed by atoms with Crippen molar-refractivity contribution in [1.29, 1.82) is 0 Å². The predicted molar refractivity (Wildman–Crippen MR) is 120 cm³/mol. The van der Waals surface area contributed by atoms with E-state index in [1.165, 1.54) is 24.3 Å². The normalized spacial score (nSPS) is 14.7. The molecule has 1 aliphatic rings. The summed E-state index contributed by atoms with van der Waals surface area (Å²) in [4.78, 5) is 35.6. The minimum absolute atomic E-state index is 0.160. The number of carbonyl (C=O) groups excluding carboxylic acids is 2. The van der Waals surface area contributed by atoms with Gasteiger partial charge in [0.05, 0.1) is 18.9 Å². The molecule has 176 valence electrons. The number of hydrogen-bond acceptors (Lipinski definition) is 4. The van der Waals surface area contributed by atoms with Crippen LogP contribution in [0.1, 0.15) is 16.7 Å². The Labute approximate surface area is 195 Å². The van der Waals surface area contributed by atoms with E-state index in [-0.39, 0.29) is 36.6 Å². The molecular formula is C26H23F2NO5. The van der Waals surface area contributed by atoms with Crippen molar-refractivity contribution in [3.05, 3.63) is 107 Å². The van der Waals surface area contributed by atoms with E-state index < -0.39 is 29.6 Å². The molecule has 0 bridgehead atoms. The van der Waals surface area contributed by atoms with Crippen LogP contribution in [0.4, 0.5) is 13.6 Å². The molecule has 8 heteroatoms. The quantitative estimate of drug-likeness (QED) is 0.581. The Balaban J connectivity index is 0.000000248. The van der Waals surface area contributed by atoms with Gasteiger partial charge in [0.15, 0.2) is 0 Å². The molecule has 0 aromatic heterocycles. The van der Waals surface area contributed by atoms with Gasteiger partial charge in [0.25, 0.3) is 0 Å². The molecule has 1 atom stereocenters. The van der Waals surface area contributed by atoms with Crippen LogP contribution < -0.4 is 0 Å². The standard InChI is InChI=1S/C18H16FNO3.C8H7FO2/c19-16-9-5-4-8-14(16)11-17(21)20-15(12-23-18(20)22)10-13-6-2-1-3-7-13;9-7-4-2-1-3-6(7)5-8(10)11/h1-9,15H,10-12H2;1-4H,5H2,(H,10,11)/t15-;/m1./s1. The summed E-state index contributed by atoms with van der Waals surface area (Å²) >= 11 is 0. The number of hydrogen-bond donors (Lipinski definition) is 1. The third kappa shape index (κ3) is 6.71. The Morgan fingerprint density at radius 3 is 1.94 bits per heavy atom. The molecule has 3 aromatic carbocycles. The average Bonchev–Trinajstić information content (AvgIpc) is 3.17. The third-order valence-electron chi connectivity index (χ3n) is 5.14. The Morgan fingerprint density at radius 2 is 1.38 bits per heavy atom. The zero-order valence-electron chi connectivity index (χ0n) is 18.2. The van der Waals surface area contributed by atoms with Crippen LogP contribution in [0.15, 0.2) is 78.9 Å². The summed E-state index contributed by atoms with van der Waals surface area (Å²) in [6.07, 6.45) is -0.553. The van der Waals surface area contributed by atoms with Gasteiger partial charge < -0.3 is 9.84 Å². The van der Waals surface area contributed by atoms with Gasteiger partial charge in [-0.3, -0.25) is 9.59 Å². The predicted octanol–water partition coefficient (Wildman–Crippen LogP) is 4.41. The van der Waals surface area contributed by atoms with Crippen LogP contribution in [0.2, 0.25) is 0 Å². The molecule has 2 amide bonds. The second kappa shape index (κ2) is 11.7. The number of amides is 2. The van der Waals surface area contributed by atoms with Crippen molar-refractivity contribution in [2.75, 3.05) is 6.61 Å². The highest BCUT2D eigenvalue weighted by atomic mass is 19.1. The molecule has 34 heavy (non-hydrogen) atoms. The van der Waals surface area contributed by atoms with Crippen LogP contribution in [0, 0.1) is 11.6 Å². The Morgan fingerprint density at radius 1 is 0.853 bits per heavy atom. The lowest BCUT2D eigenvalue weighted by Gasteiger charge is -2.19. The number of aliphatic carboxylic acids is 1. The van der Waals surface area contributed by atoms with Crippen LogP contribution in [0.25, 0.3) is 0 Å². The largest absolute Gasteiger partial charge is 0.481 e. The topological polar surface area (TPSA) is 83.9 Å². The number of carbonyl (C=O) groups is 3. The molecule has 0 unspecified atom stereocenters. The van der Waals surface area contributed by atoms with Crippen molar-refractivity contribution in [1.82, 2.24) is 4.90 Å². The molecule has 0 saturated carbocycles. The molecule has 4 rings (SSSR count). The number of halogens is 2. The monoisotopic (exact) mass is 467 g/mol. The highest BCUT2D eigenvalue weighted by Crippen LogP contribution is 2.19. The summed E-state index contributed by atoms with van der Waals surface area (Å²) < 4.78 is 31.4. The van der Waals surface area contributed by atoms with Gasteiger partial charge in [0.1, 0.15) is 18.2 Å². The van der Waals surface area contributed by atoms with Gasteiger partial charge in [0.2, 0.25) is 5.91 Å². The fraction of sp³-hybridized carbons (Fsp3) is 0.192. The van der Waals surface area contributed by atoms with E-state index in [1.54, 1.807) is 24.3 Å². The molecule has 0 spiro atoms. The molecule has 1 heterocycles. The SMILES string of the molecule is O=C(Cc1ccccc1F)N1C(=O)OC[C@H]1Cc1ccccc1.O=C(O)Cc1ccccc1F. The molecule has 6 nitrogen and oxygen atoms in total. The lowest BCUT2D eigenvalue weighted by atomic mass is 10.0. The fourth-order valence-electron chi connectivity index (χ4n) is 3.50. The van der Waals surface area contributed by atoms with E-state index in [2.05, 4.69) is 0 Å². The number of rotatable bonds is 6. The zero-order valence-corrected chi connectivity index (χ0v) is 18.2. The van der Waals surface area contributed by atoms with Crippen LogP contribution in [0.5, 0.6) is 0 Å². The number of carboxylic acids is 1. The van der Waals surface area contributed by atoms with E-state index in [1.807, 2.05) is 30.3 Å². The summed E-state index contributed by atoms with van der Waals surface area (Å²) in [5, 5.41) is 8.32. The van der Waals surface area contributed by atoms with Crippen molar-refractivity contribution in [3.63, 3.8) is 0 Å². The van der Waals surface area contributed by atoms with Gasteiger partial charge in [-0.15, -0.1) is 0 Å². The van der Waals surface area contributed by atoms with Crippen LogP contribution in [0.3, 0.4) is 0 Å². The molecule has 0 aliphatic carbocycles. The highest BCUT2D eigenvalue weighted by molar-refractivity contribution is 5.94. The van der Waals surface area contributed by atoms with E-state index >= 15 is 0 Å². The Kier molecular flexibility index (Phi) is 8.45. The van der Waals surface area contributed by atoms with E-state index in [0.29, 0.717) is 6.42 Å².